The molecule has 152 valence electrons. The Hall–Kier alpha value is -2.74. The first kappa shape index (κ1) is 21.6. The molecule has 1 amide bonds. The van der Waals surface area contributed by atoms with Crippen molar-refractivity contribution >= 4 is 12.1 Å². The van der Waals surface area contributed by atoms with E-state index in [1.165, 1.54) is 23.9 Å². The van der Waals surface area contributed by atoms with Crippen molar-refractivity contribution in [2.45, 2.75) is 38.8 Å². The van der Waals surface area contributed by atoms with Crippen LogP contribution in [0.25, 0.3) is 0 Å². The molecule has 2 rings (SSSR count). The molecule has 1 heterocycles. The first-order valence-electron chi connectivity index (χ1n) is 8.94. The lowest BCUT2D eigenvalue weighted by molar-refractivity contribution is -0.107. The second-order valence-corrected chi connectivity index (χ2v) is 6.57. The molecular formula is C20H24F2N2O4. The van der Waals surface area contributed by atoms with Crippen molar-refractivity contribution in [2.75, 3.05) is 18.6 Å². The van der Waals surface area contributed by atoms with Crippen molar-refractivity contribution in [3.8, 4) is 5.75 Å². The van der Waals surface area contributed by atoms with Gasteiger partial charge in [-0.05, 0) is 25.5 Å². The van der Waals surface area contributed by atoms with Crippen molar-refractivity contribution in [3.63, 3.8) is 0 Å². The van der Waals surface area contributed by atoms with Crippen molar-refractivity contribution in [3.05, 3.63) is 58.0 Å². The molecule has 0 aliphatic heterocycles. The van der Waals surface area contributed by atoms with Crippen LogP contribution in [0.1, 0.15) is 31.7 Å². The van der Waals surface area contributed by atoms with Crippen molar-refractivity contribution in [2.24, 2.45) is 0 Å². The number of hydrogen-bond donors (Lipinski definition) is 1. The van der Waals surface area contributed by atoms with E-state index in [4.69, 9.17) is 4.74 Å². The van der Waals surface area contributed by atoms with Gasteiger partial charge in [-0.1, -0.05) is 6.92 Å². The zero-order chi connectivity index (χ0) is 20.8. The largest absolute Gasteiger partial charge is 0.497 e. The van der Waals surface area contributed by atoms with Gasteiger partial charge in [0.05, 0.1) is 19.8 Å². The molecule has 0 radical (unpaired) electrons. The fraction of sp³-hybridized carbons (Fsp3) is 0.400. The van der Waals surface area contributed by atoms with Gasteiger partial charge < -0.3 is 19.3 Å². The molecule has 2 atom stereocenters. The van der Waals surface area contributed by atoms with Crippen LogP contribution in [0.4, 0.5) is 14.5 Å². The fourth-order valence-electron chi connectivity index (χ4n) is 3.10. The summed E-state index contributed by atoms with van der Waals surface area (Å²) in [5.74, 6) is -2.14. The average Bonchev–Trinajstić information content (AvgIpc) is 2.65. The number of pyridine rings is 1. The minimum Gasteiger partial charge on any atom is -0.497 e. The van der Waals surface area contributed by atoms with Gasteiger partial charge in [-0.15, -0.1) is 0 Å². The van der Waals surface area contributed by atoms with E-state index in [1.807, 2.05) is 0 Å². The van der Waals surface area contributed by atoms with Crippen LogP contribution < -0.4 is 15.2 Å². The van der Waals surface area contributed by atoms with Gasteiger partial charge in [-0.3, -0.25) is 9.59 Å². The summed E-state index contributed by atoms with van der Waals surface area (Å²) in [6, 6.07) is 5.21. The third kappa shape index (κ3) is 4.75. The number of carbonyl (C=O) groups excluding carboxylic acids is 1. The van der Waals surface area contributed by atoms with Crippen LogP contribution in [-0.4, -0.2) is 35.8 Å². The summed E-state index contributed by atoms with van der Waals surface area (Å²) >= 11 is 0. The highest BCUT2D eigenvalue weighted by Crippen LogP contribution is 2.30. The number of aromatic nitrogens is 1. The molecule has 0 spiro atoms. The number of anilines is 1. The Morgan fingerprint density at radius 3 is 2.46 bits per heavy atom. The molecular weight excluding hydrogens is 370 g/mol. The predicted molar refractivity (Wildman–Crippen MR) is 102 cm³/mol. The Bertz CT molecular complexity index is 860. The molecule has 2 aromatic rings. The Labute approximate surface area is 162 Å². The monoisotopic (exact) mass is 394 g/mol. The molecule has 1 N–H and O–H groups in total. The van der Waals surface area contributed by atoms with Gasteiger partial charge in [0.1, 0.15) is 23.1 Å². The normalized spacial score (nSPS) is 13.1. The number of ether oxygens (including phenoxy) is 1. The second-order valence-electron chi connectivity index (χ2n) is 6.57. The number of benzene rings is 1. The van der Waals surface area contributed by atoms with E-state index < -0.39 is 29.2 Å². The lowest BCUT2D eigenvalue weighted by Crippen LogP contribution is -2.35. The van der Waals surface area contributed by atoms with E-state index in [0.29, 0.717) is 12.8 Å². The summed E-state index contributed by atoms with van der Waals surface area (Å²) in [4.78, 5) is 25.4. The lowest BCUT2D eigenvalue weighted by Gasteiger charge is -2.25. The molecule has 6 nitrogen and oxygen atoms in total. The van der Waals surface area contributed by atoms with Crippen LogP contribution in [0, 0.1) is 11.6 Å². The standard InChI is InChI=1S/C20H24F2N2O4/c1-4-14(19-16(21)8-15(28-3)9-17(19)22)11-24(12-25)18-6-5-7-23(20(18)27)10-13(2)26/h5-9,12-14,26H,4,10-11H2,1-3H3. The number of carbonyl (C=O) groups is 1. The van der Waals surface area contributed by atoms with Crippen molar-refractivity contribution < 1.29 is 23.4 Å². The third-order valence-corrected chi connectivity index (χ3v) is 4.50. The van der Waals surface area contributed by atoms with Gasteiger partial charge >= 0.3 is 0 Å². The maximum Gasteiger partial charge on any atom is 0.274 e. The van der Waals surface area contributed by atoms with Crippen LogP contribution in [0.2, 0.25) is 0 Å². The van der Waals surface area contributed by atoms with Crippen LogP contribution >= 0.6 is 0 Å². The molecule has 1 aromatic carbocycles. The van der Waals surface area contributed by atoms with Gasteiger partial charge in [0.2, 0.25) is 6.41 Å². The van der Waals surface area contributed by atoms with Gasteiger partial charge in [0, 0.05) is 36.4 Å². The number of rotatable bonds is 9. The first-order valence-corrected chi connectivity index (χ1v) is 8.94. The average molecular weight is 394 g/mol. The highest BCUT2D eigenvalue weighted by molar-refractivity contribution is 5.74. The van der Waals surface area contributed by atoms with E-state index in [2.05, 4.69) is 0 Å². The quantitative estimate of drug-likeness (QED) is 0.664. The molecule has 1 aromatic heterocycles. The molecule has 0 saturated heterocycles. The Morgan fingerprint density at radius 1 is 1.32 bits per heavy atom. The maximum atomic E-state index is 14.5. The van der Waals surface area contributed by atoms with Crippen LogP contribution in [0.3, 0.4) is 0 Å². The second kappa shape index (κ2) is 9.45. The summed E-state index contributed by atoms with van der Waals surface area (Å²) < 4.78 is 35.1. The SMILES string of the molecule is CCC(CN(C=O)c1cccn(CC(C)O)c1=O)c1c(F)cc(OC)cc1F. The Kier molecular flexibility index (Phi) is 7.28. The Morgan fingerprint density at radius 2 is 1.96 bits per heavy atom. The topological polar surface area (TPSA) is 71.8 Å². The van der Waals surface area contributed by atoms with E-state index in [-0.39, 0.29) is 30.1 Å². The maximum absolute atomic E-state index is 14.5. The van der Waals surface area contributed by atoms with Gasteiger partial charge in [0.25, 0.3) is 5.56 Å². The highest BCUT2D eigenvalue weighted by Gasteiger charge is 2.24. The Balaban J connectivity index is 2.39. The molecule has 8 heteroatoms. The van der Waals surface area contributed by atoms with Gasteiger partial charge in [0.15, 0.2) is 0 Å². The molecule has 0 fully saturated rings. The minimum atomic E-state index is -0.769. The number of aliphatic hydroxyl groups excluding tert-OH is 1. The molecule has 0 aliphatic carbocycles. The minimum absolute atomic E-state index is 0.0601. The fourth-order valence-corrected chi connectivity index (χ4v) is 3.10. The first-order chi connectivity index (χ1) is 13.3. The number of aliphatic hydroxyl groups is 1. The summed E-state index contributed by atoms with van der Waals surface area (Å²) in [6.07, 6.45) is 1.57. The summed E-state index contributed by atoms with van der Waals surface area (Å²) in [6.45, 7) is 3.28. The van der Waals surface area contributed by atoms with E-state index in [9.17, 15) is 23.5 Å². The molecule has 28 heavy (non-hydrogen) atoms. The smallest absolute Gasteiger partial charge is 0.274 e. The van der Waals surface area contributed by atoms with E-state index >= 15 is 0 Å². The zero-order valence-electron chi connectivity index (χ0n) is 16.1. The van der Waals surface area contributed by atoms with E-state index in [1.54, 1.807) is 19.9 Å². The van der Waals surface area contributed by atoms with Crippen molar-refractivity contribution in [1.29, 1.82) is 0 Å². The molecule has 0 bridgehead atoms. The van der Waals surface area contributed by atoms with E-state index in [0.717, 1.165) is 17.0 Å². The third-order valence-electron chi connectivity index (χ3n) is 4.50. The van der Waals surface area contributed by atoms with Crippen LogP contribution in [0.5, 0.6) is 5.75 Å². The zero-order valence-corrected chi connectivity index (χ0v) is 16.1. The summed E-state index contributed by atoms with van der Waals surface area (Å²) in [7, 11) is 1.31. The van der Waals surface area contributed by atoms with Crippen LogP contribution in [0.15, 0.2) is 35.3 Å². The number of methoxy groups -OCH3 is 1. The number of amides is 1. The summed E-state index contributed by atoms with van der Waals surface area (Å²) in [5, 5.41) is 9.52. The number of halogens is 2. The number of hydrogen-bond acceptors (Lipinski definition) is 4. The highest BCUT2D eigenvalue weighted by atomic mass is 19.1. The van der Waals surface area contributed by atoms with Crippen LogP contribution in [-0.2, 0) is 11.3 Å². The van der Waals surface area contributed by atoms with Gasteiger partial charge in [-0.2, -0.15) is 0 Å². The molecule has 2 unspecified atom stereocenters. The molecule has 0 aliphatic rings. The van der Waals surface area contributed by atoms with Gasteiger partial charge in [-0.25, -0.2) is 8.78 Å². The molecule has 0 saturated carbocycles. The van der Waals surface area contributed by atoms with Crippen molar-refractivity contribution in [1.82, 2.24) is 4.57 Å². The number of nitrogens with zero attached hydrogens (tertiary/aromatic N) is 2. The predicted octanol–water partition coefficient (Wildman–Crippen LogP) is 2.67. The lowest BCUT2D eigenvalue weighted by atomic mass is 9.94. The summed E-state index contributed by atoms with van der Waals surface area (Å²) in [5.41, 5.74) is -0.553.